The maximum atomic E-state index is 10.4. The van der Waals surface area contributed by atoms with Crippen molar-refractivity contribution in [3.05, 3.63) is 30.1 Å². The number of nitrogens with zero attached hydrogens (tertiary/aromatic N) is 3. The molecule has 24 heavy (non-hydrogen) atoms. The Kier molecular flexibility index (Phi) is 3.47. The van der Waals surface area contributed by atoms with Gasteiger partial charge in [-0.25, -0.2) is 9.97 Å². The van der Waals surface area contributed by atoms with E-state index in [0.717, 1.165) is 35.1 Å². The summed E-state index contributed by atoms with van der Waals surface area (Å²) in [6, 6.07) is 7.86. The van der Waals surface area contributed by atoms with Crippen molar-refractivity contribution in [2.45, 2.75) is 51.5 Å². The van der Waals surface area contributed by atoms with Crippen LogP contribution in [-0.4, -0.2) is 31.3 Å². The molecule has 3 aromatic rings. The maximum Gasteiger partial charge on any atom is 0.152 e. The predicted octanol–water partition coefficient (Wildman–Crippen LogP) is 2.62. The van der Waals surface area contributed by atoms with Crippen LogP contribution >= 0.6 is 0 Å². The largest absolute Gasteiger partial charge is 0.389 e. The molecule has 0 aliphatic heterocycles. The van der Waals surface area contributed by atoms with Crippen LogP contribution in [0.25, 0.3) is 21.9 Å². The fourth-order valence-electron chi connectivity index (χ4n) is 3.00. The van der Waals surface area contributed by atoms with E-state index in [1.807, 2.05) is 28.8 Å². The van der Waals surface area contributed by atoms with Crippen molar-refractivity contribution < 1.29 is 9.84 Å². The van der Waals surface area contributed by atoms with Crippen molar-refractivity contribution in [2.24, 2.45) is 0 Å². The van der Waals surface area contributed by atoms with E-state index in [1.165, 1.54) is 0 Å². The molecule has 0 saturated heterocycles. The molecule has 0 radical (unpaired) electrons. The Balaban J connectivity index is 1.94. The molecule has 4 rings (SSSR count). The second-order valence-electron chi connectivity index (χ2n) is 7.15. The average Bonchev–Trinajstić information content (AvgIpc) is 3.27. The number of benzene rings is 1. The summed E-state index contributed by atoms with van der Waals surface area (Å²) in [5, 5.41) is 11.4. The van der Waals surface area contributed by atoms with Gasteiger partial charge >= 0.3 is 0 Å². The lowest BCUT2D eigenvalue weighted by Gasteiger charge is -2.20. The molecule has 0 amide bonds. The first-order chi connectivity index (χ1) is 11.4. The summed E-state index contributed by atoms with van der Waals surface area (Å²) in [6.07, 6.45) is 2.56. The topological polar surface area (TPSA) is 86.2 Å². The van der Waals surface area contributed by atoms with E-state index in [4.69, 9.17) is 10.5 Å². The Morgan fingerprint density at radius 1 is 1.29 bits per heavy atom. The van der Waals surface area contributed by atoms with Gasteiger partial charge in [-0.15, -0.1) is 0 Å². The summed E-state index contributed by atoms with van der Waals surface area (Å²) in [5.74, 6) is 1.19. The molecular weight excluding hydrogens is 304 g/mol. The van der Waals surface area contributed by atoms with Crippen molar-refractivity contribution in [3.63, 3.8) is 0 Å². The van der Waals surface area contributed by atoms with Crippen LogP contribution in [0.1, 0.15) is 32.5 Å². The van der Waals surface area contributed by atoms with Gasteiger partial charge in [-0.05, 0) is 32.8 Å². The molecule has 0 unspecified atom stereocenters. The average molecular weight is 326 g/mol. The van der Waals surface area contributed by atoms with Gasteiger partial charge < -0.3 is 20.1 Å². The van der Waals surface area contributed by atoms with E-state index in [-0.39, 0.29) is 0 Å². The number of aromatic nitrogens is 3. The minimum absolute atomic E-state index is 0.340. The predicted molar refractivity (Wildman–Crippen MR) is 93.6 cm³/mol. The van der Waals surface area contributed by atoms with Crippen molar-refractivity contribution in [1.82, 2.24) is 14.5 Å². The Bertz CT molecular complexity index is 907. The number of aliphatic hydroxyl groups is 1. The van der Waals surface area contributed by atoms with Crippen LogP contribution in [0.2, 0.25) is 0 Å². The number of ether oxygens (including phenoxy) is 1. The molecular formula is C18H22N4O2. The summed E-state index contributed by atoms with van der Waals surface area (Å²) >= 11 is 0. The number of imidazole rings is 1. The zero-order valence-electron chi connectivity index (χ0n) is 14.0. The van der Waals surface area contributed by atoms with Gasteiger partial charge in [-0.3, -0.25) is 0 Å². The van der Waals surface area contributed by atoms with Gasteiger partial charge in [0.2, 0.25) is 0 Å². The van der Waals surface area contributed by atoms with E-state index in [1.54, 1.807) is 13.8 Å². The fourth-order valence-corrected chi connectivity index (χ4v) is 3.00. The van der Waals surface area contributed by atoms with Gasteiger partial charge in [0, 0.05) is 5.39 Å². The van der Waals surface area contributed by atoms with Crippen LogP contribution in [0, 0.1) is 0 Å². The summed E-state index contributed by atoms with van der Waals surface area (Å²) in [4.78, 5) is 9.15. The van der Waals surface area contributed by atoms with E-state index in [9.17, 15) is 5.11 Å². The molecule has 1 fully saturated rings. The number of rotatable bonds is 5. The van der Waals surface area contributed by atoms with Gasteiger partial charge in [0.05, 0.1) is 29.3 Å². The molecule has 0 spiro atoms. The van der Waals surface area contributed by atoms with Crippen molar-refractivity contribution >= 4 is 27.8 Å². The summed E-state index contributed by atoms with van der Waals surface area (Å²) in [7, 11) is 0. The Hall–Kier alpha value is -2.18. The Morgan fingerprint density at radius 2 is 2.04 bits per heavy atom. The molecule has 0 atom stereocenters. The summed E-state index contributed by atoms with van der Waals surface area (Å²) in [6.45, 7) is 4.41. The van der Waals surface area contributed by atoms with Crippen molar-refractivity contribution in [3.8, 4) is 0 Å². The smallest absolute Gasteiger partial charge is 0.152 e. The first-order valence-corrected chi connectivity index (χ1v) is 8.30. The molecule has 2 aromatic heterocycles. The van der Waals surface area contributed by atoms with Crippen LogP contribution in [0.5, 0.6) is 0 Å². The third-order valence-corrected chi connectivity index (χ3v) is 4.21. The summed E-state index contributed by atoms with van der Waals surface area (Å²) in [5.41, 5.74) is 7.69. The molecule has 6 nitrogen and oxygen atoms in total. The molecule has 1 saturated carbocycles. The quantitative estimate of drug-likeness (QED) is 0.753. The minimum atomic E-state index is -0.874. The number of para-hydroxylation sites is 1. The van der Waals surface area contributed by atoms with E-state index in [0.29, 0.717) is 30.6 Å². The molecule has 126 valence electrons. The normalized spacial score (nSPS) is 15.5. The van der Waals surface area contributed by atoms with E-state index < -0.39 is 5.60 Å². The highest BCUT2D eigenvalue weighted by Crippen LogP contribution is 2.31. The van der Waals surface area contributed by atoms with E-state index in [2.05, 4.69) is 9.97 Å². The van der Waals surface area contributed by atoms with Gasteiger partial charge in [0.25, 0.3) is 0 Å². The first kappa shape index (κ1) is 15.4. The minimum Gasteiger partial charge on any atom is -0.389 e. The molecule has 0 bridgehead atoms. The van der Waals surface area contributed by atoms with Crippen molar-refractivity contribution in [2.75, 3.05) is 5.73 Å². The number of nitrogens with two attached hydrogens (primary N) is 1. The number of hydrogen-bond donors (Lipinski definition) is 2. The molecule has 1 aromatic carbocycles. The monoisotopic (exact) mass is 326 g/mol. The third kappa shape index (κ3) is 2.83. The van der Waals surface area contributed by atoms with Gasteiger partial charge in [-0.1, -0.05) is 18.2 Å². The lowest BCUT2D eigenvalue weighted by atomic mass is 10.1. The van der Waals surface area contributed by atoms with Crippen LogP contribution in [-0.2, 0) is 17.9 Å². The number of nitrogen functional groups attached to an aromatic ring is 1. The van der Waals surface area contributed by atoms with Crippen LogP contribution in [0.15, 0.2) is 24.3 Å². The van der Waals surface area contributed by atoms with Crippen LogP contribution in [0.4, 0.5) is 5.82 Å². The fraction of sp³-hybridized carbons (Fsp3) is 0.444. The molecule has 1 aliphatic rings. The number of pyridine rings is 1. The lowest BCUT2D eigenvalue weighted by molar-refractivity contribution is 0.0562. The number of anilines is 1. The highest BCUT2D eigenvalue weighted by atomic mass is 16.5. The second kappa shape index (κ2) is 5.43. The number of fused-ring (bicyclic) bond motifs is 3. The standard InChI is InChI=1S/C18H22N4O2/c1-18(2,23)10-22-14(9-24-11-7-8-11)21-15-16(22)12-5-3-4-6-13(12)20-17(15)19/h3-6,11,23H,7-10H2,1-2H3,(H2,19,20). The zero-order valence-corrected chi connectivity index (χ0v) is 14.0. The van der Waals surface area contributed by atoms with Gasteiger partial charge in [-0.2, -0.15) is 0 Å². The molecule has 3 N–H and O–H groups in total. The highest BCUT2D eigenvalue weighted by Gasteiger charge is 2.26. The van der Waals surface area contributed by atoms with Crippen LogP contribution < -0.4 is 5.73 Å². The Labute approximate surface area is 140 Å². The van der Waals surface area contributed by atoms with E-state index >= 15 is 0 Å². The lowest BCUT2D eigenvalue weighted by Crippen LogP contribution is -2.27. The van der Waals surface area contributed by atoms with Crippen molar-refractivity contribution in [1.29, 1.82) is 0 Å². The first-order valence-electron chi connectivity index (χ1n) is 8.30. The highest BCUT2D eigenvalue weighted by molar-refractivity contribution is 6.06. The Morgan fingerprint density at radius 3 is 2.75 bits per heavy atom. The maximum absolute atomic E-state index is 10.4. The second-order valence-corrected chi connectivity index (χ2v) is 7.15. The molecule has 6 heteroatoms. The van der Waals surface area contributed by atoms with Crippen LogP contribution in [0.3, 0.4) is 0 Å². The number of hydrogen-bond acceptors (Lipinski definition) is 5. The zero-order chi connectivity index (χ0) is 16.9. The molecule has 2 heterocycles. The van der Waals surface area contributed by atoms with Gasteiger partial charge in [0.15, 0.2) is 5.82 Å². The summed E-state index contributed by atoms with van der Waals surface area (Å²) < 4.78 is 7.88. The van der Waals surface area contributed by atoms with Gasteiger partial charge in [0.1, 0.15) is 17.9 Å². The third-order valence-electron chi connectivity index (χ3n) is 4.21. The SMILES string of the molecule is CC(C)(O)Cn1c(COC2CC2)nc2c(N)nc3ccccc3c21. The molecule has 1 aliphatic carbocycles.